The van der Waals surface area contributed by atoms with Gasteiger partial charge in [0.15, 0.2) is 5.82 Å². The molecule has 0 bridgehead atoms. The van der Waals surface area contributed by atoms with Gasteiger partial charge in [0.1, 0.15) is 0 Å². The summed E-state index contributed by atoms with van der Waals surface area (Å²) in [6.07, 6.45) is 2.36. The molecule has 0 amide bonds. The van der Waals surface area contributed by atoms with Gasteiger partial charge in [0, 0.05) is 12.2 Å². The van der Waals surface area contributed by atoms with Gasteiger partial charge in [-0.2, -0.15) is 0 Å². The number of hydrogen-bond acceptors (Lipinski definition) is 3. The Hall–Kier alpha value is -1.16. The van der Waals surface area contributed by atoms with Crippen LogP contribution in [0.3, 0.4) is 0 Å². The largest absolute Gasteiger partial charge is 0.476 e. The molecule has 0 saturated heterocycles. The maximum absolute atomic E-state index is 13.0. The topological polar surface area (TPSA) is 34.1 Å². The second kappa shape index (κ2) is 6.35. The van der Waals surface area contributed by atoms with E-state index in [4.69, 9.17) is 4.74 Å². The quantitative estimate of drug-likeness (QED) is 0.732. The highest BCUT2D eigenvalue weighted by atomic mass is 19.1. The maximum Gasteiger partial charge on any atom is 0.250 e. The molecule has 1 rings (SSSR count). The van der Waals surface area contributed by atoms with Crippen LogP contribution in [0.2, 0.25) is 0 Å². The van der Waals surface area contributed by atoms with Crippen molar-refractivity contribution >= 4 is 0 Å². The Balaban J connectivity index is 2.18. The predicted octanol–water partition coefficient (Wildman–Crippen LogP) is 1.99. The van der Waals surface area contributed by atoms with Gasteiger partial charge in [-0.1, -0.05) is 13.8 Å². The number of nitrogens with zero attached hydrogens (tertiary/aromatic N) is 1. The van der Waals surface area contributed by atoms with Crippen molar-refractivity contribution in [1.82, 2.24) is 10.3 Å². The zero-order chi connectivity index (χ0) is 11.1. The molecule has 0 fully saturated rings. The van der Waals surface area contributed by atoms with E-state index in [0.717, 1.165) is 13.0 Å². The monoisotopic (exact) mass is 212 g/mol. The number of nitrogens with one attached hydrogen (secondary N) is 1. The number of pyridine rings is 1. The van der Waals surface area contributed by atoms with Crippen LogP contribution in [0.25, 0.3) is 0 Å². The molecule has 0 unspecified atom stereocenters. The van der Waals surface area contributed by atoms with Crippen LogP contribution in [0.1, 0.15) is 20.3 Å². The summed E-state index contributed by atoms with van der Waals surface area (Å²) in [5.41, 5.74) is 0. The van der Waals surface area contributed by atoms with Crippen LogP contribution in [-0.4, -0.2) is 24.2 Å². The van der Waals surface area contributed by atoms with Crippen LogP contribution in [0, 0.1) is 5.82 Å². The molecule has 3 nitrogen and oxygen atoms in total. The zero-order valence-corrected chi connectivity index (χ0v) is 9.16. The van der Waals surface area contributed by atoms with E-state index < -0.39 is 5.82 Å². The molecule has 0 spiro atoms. The average Bonchev–Trinajstić information content (AvgIpc) is 2.20. The summed E-state index contributed by atoms with van der Waals surface area (Å²) in [5, 5.41) is 3.25. The number of hydrogen-bond donors (Lipinski definition) is 1. The molecular weight excluding hydrogens is 195 g/mol. The molecule has 0 aliphatic heterocycles. The summed E-state index contributed by atoms with van der Waals surface area (Å²) in [5.74, 6) is -0.323. The average molecular weight is 212 g/mol. The second-order valence-electron chi connectivity index (χ2n) is 3.60. The lowest BCUT2D eigenvalue weighted by Gasteiger charge is -2.08. The molecule has 0 aliphatic rings. The normalized spacial score (nSPS) is 10.7. The van der Waals surface area contributed by atoms with Crippen LogP contribution in [0.4, 0.5) is 4.39 Å². The van der Waals surface area contributed by atoms with E-state index in [-0.39, 0.29) is 5.88 Å². The summed E-state index contributed by atoms with van der Waals surface area (Å²) >= 11 is 0. The van der Waals surface area contributed by atoms with Crippen molar-refractivity contribution in [3.05, 3.63) is 24.1 Å². The standard InChI is InChI=1S/C11H17FN2O/c1-9(2)13-7-4-8-15-11-10(12)5-3-6-14-11/h3,5-6,9,13H,4,7-8H2,1-2H3. The highest BCUT2D eigenvalue weighted by Crippen LogP contribution is 2.10. The van der Waals surface area contributed by atoms with Crippen molar-refractivity contribution < 1.29 is 9.13 Å². The lowest BCUT2D eigenvalue weighted by molar-refractivity contribution is 0.280. The van der Waals surface area contributed by atoms with Crippen molar-refractivity contribution in [1.29, 1.82) is 0 Å². The van der Waals surface area contributed by atoms with E-state index in [1.807, 2.05) is 0 Å². The molecule has 1 aromatic heterocycles. The van der Waals surface area contributed by atoms with Crippen LogP contribution < -0.4 is 10.1 Å². The summed E-state index contributed by atoms with van der Waals surface area (Å²) in [6, 6.07) is 3.36. The Morgan fingerprint density at radius 3 is 3.00 bits per heavy atom. The highest BCUT2D eigenvalue weighted by molar-refractivity contribution is 5.12. The summed E-state index contributed by atoms with van der Waals surface area (Å²) in [7, 11) is 0. The lowest BCUT2D eigenvalue weighted by atomic mass is 10.3. The van der Waals surface area contributed by atoms with E-state index in [0.29, 0.717) is 12.6 Å². The number of rotatable bonds is 6. The third kappa shape index (κ3) is 4.74. The highest BCUT2D eigenvalue weighted by Gasteiger charge is 2.02. The van der Waals surface area contributed by atoms with E-state index in [1.165, 1.54) is 12.3 Å². The fourth-order valence-electron chi connectivity index (χ4n) is 1.11. The third-order valence-electron chi connectivity index (χ3n) is 1.84. The van der Waals surface area contributed by atoms with Gasteiger partial charge < -0.3 is 10.1 Å². The van der Waals surface area contributed by atoms with E-state index in [2.05, 4.69) is 24.1 Å². The first-order chi connectivity index (χ1) is 7.20. The molecular formula is C11H17FN2O. The van der Waals surface area contributed by atoms with Gasteiger partial charge >= 0.3 is 0 Å². The Morgan fingerprint density at radius 1 is 1.53 bits per heavy atom. The molecule has 15 heavy (non-hydrogen) atoms. The minimum absolute atomic E-state index is 0.0852. The summed E-state index contributed by atoms with van der Waals surface area (Å²) in [4.78, 5) is 3.79. The second-order valence-corrected chi connectivity index (χ2v) is 3.60. The molecule has 0 aliphatic carbocycles. The Kier molecular flexibility index (Phi) is 5.04. The fraction of sp³-hybridized carbons (Fsp3) is 0.545. The van der Waals surface area contributed by atoms with Crippen molar-refractivity contribution in [2.75, 3.05) is 13.2 Å². The molecule has 1 aromatic rings. The smallest absolute Gasteiger partial charge is 0.250 e. The predicted molar refractivity (Wildman–Crippen MR) is 57.4 cm³/mol. The Bertz CT molecular complexity index is 292. The van der Waals surface area contributed by atoms with E-state index in [1.54, 1.807) is 6.07 Å². The van der Waals surface area contributed by atoms with Gasteiger partial charge in [0.2, 0.25) is 5.88 Å². The molecule has 84 valence electrons. The number of aromatic nitrogens is 1. The molecule has 0 aromatic carbocycles. The molecule has 1 N–H and O–H groups in total. The summed E-state index contributed by atoms with van der Waals surface area (Å²) < 4.78 is 18.2. The van der Waals surface area contributed by atoms with Gasteiger partial charge in [0.05, 0.1) is 6.61 Å². The minimum Gasteiger partial charge on any atom is -0.476 e. The van der Waals surface area contributed by atoms with Crippen LogP contribution in [-0.2, 0) is 0 Å². The molecule has 0 atom stereocenters. The Labute approximate surface area is 89.7 Å². The van der Waals surface area contributed by atoms with Crippen LogP contribution >= 0.6 is 0 Å². The fourth-order valence-corrected chi connectivity index (χ4v) is 1.11. The van der Waals surface area contributed by atoms with Gasteiger partial charge in [0.25, 0.3) is 0 Å². The number of ether oxygens (including phenoxy) is 1. The first-order valence-electron chi connectivity index (χ1n) is 5.17. The van der Waals surface area contributed by atoms with Crippen molar-refractivity contribution in [3.8, 4) is 5.88 Å². The zero-order valence-electron chi connectivity index (χ0n) is 9.16. The first-order valence-corrected chi connectivity index (χ1v) is 5.17. The Morgan fingerprint density at radius 2 is 2.33 bits per heavy atom. The lowest BCUT2D eigenvalue weighted by Crippen LogP contribution is -2.24. The van der Waals surface area contributed by atoms with Crippen molar-refractivity contribution in [2.45, 2.75) is 26.3 Å². The summed E-state index contributed by atoms with van der Waals surface area (Å²) in [6.45, 7) is 5.51. The van der Waals surface area contributed by atoms with Crippen LogP contribution in [0.5, 0.6) is 5.88 Å². The maximum atomic E-state index is 13.0. The van der Waals surface area contributed by atoms with Crippen molar-refractivity contribution in [3.63, 3.8) is 0 Å². The van der Waals surface area contributed by atoms with Gasteiger partial charge in [-0.25, -0.2) is 9.37 Å². The van der Waals surface area contributed by atoms with Crippen molar-refractivity contribution in [2.24, 2.45) is 0 Å². The minimum atomic E-state index is -0.408. The number of halogens is 1. The van der Waals surface area contributed by atoms with E-state index >= 15 is 0 Å². The molecule has 0 radical (unpaired) electrons. The van der Waals surface area contributed by atoms with Crippen LogP contribution in [0.15, 0.2) is 18.3 Å². The third-order valence-corrected chi connectivity index (χ3v) is 1.84. The molecule has 0 saturated carbocycles. The molecule has 1 heterocycles. The first kappa shape index (κ1) is 11.9. The van der Waals surface area contributed by atoms with Gasteiger partial charge in [-0.05, 0) is 25.1 Å². The van der Waals surface area contributed by atoms with Gasteiger partial charge in [-0.3, -0.25) is 0 Å². The molecule has 4 heteroatoms. The van der Waals surface area contributed by atoms with Gasteiger partial charge in [-0.15, -0.1) is 0 Å². The van der Waals surface area contributed by atoms with E-state index in [9.17, 15) is 4.39 Å². The SMILES string of the molecule is CC(C)NCCCOc1ncccc1F.